The third kappa shape index (κ3) is 2.56. The summed E-state index contributed by atoms with van der Waals surface area (Å²) in [5.41, 5.74) is 9.10. The van der Waals surface area contributed by atoms with Crippen molar-refractivity contribution in [2.75, 3.05) is 5.73 Å². The lowest BCUT2D eigenvalue weighted by Gasteiger charge is -2.07. The van der Waals surface area contributed by atoms with Crippen molar-refractivity contribution >= 4 is 17.0 Å². The van der Waals surface area contributed by atoms with Gasteiger partial charge in [-0.3, -0.25) is 0 Å². The number of anilines is 1. The van der Waals surface area contributed by atoms with E-state index in [-0.39, 0.29) is 11.9 Å². The Labute approximate surface area is 156 Å². The molecule has 2 atom stereocenters. The van der Waals surface area contributed by atoms with Gasteiger partial charge in [0, 0.05) is 24.9 Å². The molecular formula is C19H20N8. The highest BCUT2D eigenvalue weighted by atomic mass is 15.4. The van der Waals surface area contributed by atoms with Gasteiger partial charge in [0.2, 0.25) is 5.95 Å². The van der Waals surface area contributed by atoms with Crippen molar-refractivity contribution in [2.24, 2.45) is 7.05 Å². The highest BCUT2D eigenvalue weighted by Gasteiger charge is 2.44. The lowest BCUT2D eigenvalue weighted by molar-refractivity contribution is 0.780. The zero-order chi connectivity index (χ0) is 18.7. The molecule has 0 amide bonds. The van der Waals surface area contributed by atoms with E-state index >= 15 is 0 Å². The first-order valence-electron chi connectivity index (χ1n) is 8.97. The van der Waals surface area contributed by atoms with Crippen LogP contribution in [0, 0.1) is 13.8 Å². The molecule has 0 radical (unpaired) electrons. The van der Waals surface area contributed by atoms with E-state index in [2.05, 4.69) is 37.7 Å². The average Bonchev–Trinajstić information content (AvgIpc) is 3.27. The van der Waals surface area contributed by atoms with Gasteiger partial charge in [0.05, 0.1) is 16.7 Å². The molecule has 3 heterocycles. The molecule has 136 valence electrons. The zero-order valence-electron chi connectivity index (χ0n) is 15.5. The maximum atomic E-state index is 5.99. The summed E-state index contributed by atoms with van der Waals surface area (Å²) in [5, 5.41) is 4.41. The highest BCUT2D eigenvalue weighted by molar-refractivity contribution is 5.76. The molecule has 8 heteroatoms. The predicted molar refractivity (Wildman–Crippen MR) is 102 cm³/mol. The largest absolute Gasteiger partial charge is 0.368 e. The van der Waals surface area contributed by atoms with E-state index in [0.717, 1.165) is 34.8 Å². The third-order valence-electron chi connectivity index (χ3n) is 5.17. The molecule has 0 aliphatic heterocycles. The summed E-state index contributed by atoms with van der Waals surface area (Å²) in [4.78, 5) is 18.0. The topological polar surface area (TPSA) is 100 Å². The van der Waals surface area contributed by atoms with Crippen LogP contribution in [-0.4, -0.2) is 34.3 Å². The van der Waals surface area contributed by atoms with Gasteiger partial charge in [0.25, 0.3) is 0 Å². The van der Waals surface area contributed by atoms with Gasteiger partial charge in [0.15, 0.2) is 5.82 Å². The van der Waals surface area contributed by atoms with Gasteiger partial charge in [0.1, 0.15) is 17.5 Å². The number of para-hydroxylation sites is 2. The summed E-state index contributed by atoms with van der Waals surface area (Å²) in [7, 11) is 2.07. The number of benzene rings is 1. The van der Waals surface area contributed by atoms with Crippen LogP contribution in [0.5, 0.6) is 0 Å². The Morgan fingerprint density at radius 1 is 1.04 bits per heavy atom. The average molecular weight is 360 g/mol. The van der Waals surface area contributed by atoms with E-state index in [1.54, 1.807) is 4.68 Å². The lowest BCUT2D eigenvalue weighted by Crippen LogP contribution is -2.08. The second kappa shape index (κ2) is 5.60. The van der Waals surface area contributed by atoms with E-state index in [1.165, 1.54) is 0 Å². The Bertz CT molecular complexity index is 1170. The SMILES string of the molecule is Cc1nc(C)n(-c2cc([C@@H]3C[C@H]3c3nc4ccccc4n3C)nc(N)n2)n1. The van der Waals surface area contributed by atoms with Crippen molar-refractivity contribution in [2.45, 2.75) is 32.1 Å². The molecule has 0 bridgehead atoms. The molecule has 1 aliphatic rings. The van der Waals surface area contributed by atoms with Crippen LogP contribution in [0.1, 0.15) is 41.4 Å². The van der Waals surface area contributed by atoms with Crippen molar-refractivity contribution in [1.29, 1.82) is 0 Å². The molecule has 0 spiro atoms. The molecule has 1 aliphatic carbocycles. The van der Waals surface area contributed by atoms with Gasteiger partial charge < -0.3 is 10.3 Å². The van der Waals surface area contributed by atoms with E-state index in [1.807, 2.05) is 38.1 Å². The van der Waals surface area contributed by atoms with Gasteiger partial charge in [-0.25, -0.2) is 15.0 Å². The maximum Gasteiger partial charge on any atom is 0.222 e. The number of aryl methyl sites for hydroxylation is 3. The minimum atomic E-state index is 0.255. The normalized spacial score (nSPS) is 18.9. The van der Waals surface area contributed by atoms with Crippen LogP contribution in [0.15, 0.2) is 30.3 Å². The van der Waals surface area contributed by atoms with Crippen LogP contribution in [-0.2, 0) is 7.05 Å². The number of fused-ring (bicyclic) bond motifs is 1. The van der Waals surface area contributed by atoms with Gasteiger partial charge in [-0.1, -0.05) is 12.1 Å². The number of aromatic nitrogens is 7. The molecule has 27 heavy (non-hydrogen) atoms. The van der Waals surface area contributed by atoms with Gasteiger partial charge in [-0.05, 0) is 32.4 Å². The summed E-state index contributed by atoms with van der Waals surface area (Å²) in [6.45, 7) is 3.76. The summed E-state index contributed by atoms with van der Waals surface area (Å²) in [6, 6.07) is 10.2. The summed E-state index contributed by atoms with van der Waals surface area (Å²) < 4.78 is 3.89. The molecule has 0 saturated heterocycles. The lowest BCUT2D eigenvalue weighted by atomic mass is 10.2. The fourth-order valence-electron chi connectivity index (χ4n) is 3.81. The number of nitrogens with zero attached hydrogens (tertiary/aromatic N) is 7. The van der Waals surface area contributed by atoms with Gasteiger partial charge >= 0.3 is 0 Å². The first-order chi connectivity index (χ1) is 13.0. The minimum absolute atomic E-state index is 0.255. The fraction of sp³-hybridized carbons (Fsp3) is 0.316. The number of nitrogen functional groups attached to an aromatic ring is 1. The molecule has 5 rings (SSSR count). The van der Waals surface area contributed by atoms with E-state index in [9.17, 15) is 0 Å². The molecule has 1 saturated carbocycles. The second-order valence-corrected chi connectivity index (χ2v) is 7.09. The standard InChI is InChI=1S/C19H20N8/c1-10-21-11(2)27(25-10)17-9-15(23-19(20)24-17)12-8-13(12)18-22-14-6-4-5-7-16(14)26(18)3/h4-7,9,12-13H,8H2,1-3H3,(H2,20,23,24)/t12-,13-/m1/s1. The van der Waals surface area contributed by atoms with E-state index in [4.69, 9.17) is 10.7 Å². The zero-order valence-corrected chi connectivity index (χ0v) is 15.5. The molecule has 1 aromatic carbocycles. The molecule has 2 N–H and O–H groups in total. The monoisotopic (exact) mass is 360 g/mol. The number of imidazole rings is 1. The molecule has 4 aromatic rings. The number of nitrogens with two attached hydrogens (primary N) is 1. The first kappa shape index (κ1) is 15.9. The maximum absolute atomic E-state index is 5.99. The fourth-order valence-corrected chi connectivity index (χ4v) is 3.81. The van der Waals surface area contributed by atoms with Crippen LogP contribution < -0.4 is 5.73 Å². The quantitative estimate of drug-likeness (QED) is 0.602. The smallest absolute Gasteiger partial charge is 0.222 e. The minimum Gasteiger partial charge on any atom is -0.368 e. The van der Waals surface area contributed by atoms with Gasteiger partial charge in [-0.15, -0.1) is 5.10 Å². The highest BCUT2D eigenvalue weighted by Crippen LogP contribution is 2.54. The van der Waals surface area contributed by atoms with Crippen LogP contribution in [0.4, 0.5) is 5.95 Å². The molecule has 1 fully saturated rings. The van der Waals surface area contributed by atoms with Crippen LogP contribution in [0.3, 0.4) is 0 Å². The number of rotatable bonds is 3. The Balaban J connectivity index is 1.51. The Kier molecular flexibility index (Phi) is 3.30. The van der Waals surface area contributed by atoms with Gasteiger partial charge in [-0.2, -0.15) is 9.67 Å². The number of hydrogen-bond acceptors (Lipinski definition) is 6. The van der Waals surface area contributed by atoms with Crippen molar-refractivity contribution < 1.29 is 0 Å². The molecule has 3 aromatic heterocycles. The predicted octanol–water partition coefficient (Wildman–Crippen LogP) is 2.41. The summed E-state index contributed by atoms with van der Waals surface area (Å²) in [5.74, 6) is 4.11. The van der Waals surface area contributed by atoms with Crippen molar-refractivity contribution in [1.82, 2.24) is 34.3 Å². The molecule has 8 nitrogen and oxygen atoms in total. The van der Waals surface area contributed by atoms with Crippen LogP contribution in [0.2, 0.25) is 0 Å². The second-order valence-electron chi connectivity index (χ2n) is 7.09. The van der Waals surface area contributed by atoms with Crippen LogP contribution >= 0.6 is 0 Å². The summed E-state index contributed by atoms with van der Waals surface area (Å²) in [6.07, 6.45) is 1.00. The Morgan fingerprint density at radius 3 is 2.59 bits per heavy atom. The Hall–Kier alpha value is -3.29. The first-order valence-corrected chi connectivity index (χ1v) is 8.97. The van der Waals surface area contributed by atoms with E-state index < -0.39 is 0 Å². The third-order valence-corrected chi connectivity index (χ3v) is 5.17. The molecule has 0 unspecified atom stereocenters. The Morgan fingerprint density at radius 2 is 1.85 bits per heavy atom. The van der Waals surface area contributed by atoms with Crippen molar-refractivity contribution in [3.8, 4) is 5.82 Å². The van der Waals surface area contributed by atoms with Crippen molar-refractivity contribution in [3.63, 3.8) is 0 Å². The summed E-state index contributed by atoms with van der Waals surface area (Å²) >= 11 is 0. The van der Waals surface area contributed by atoms with E-state index in [0.29, 0.717) is 17.6 Å². The molecular weight excluding hydrogens is 340 g/mol. The number of hydrogen-bond donors (Lipinski definition) is 1. The van der Waals surface area contributed by atoms with Crippen molar-refractivity contribution in [3.05, 3.63) is 53.5 Å². The van der Waals surface area contributed by atoms with Crippen LogP contribution in [0.25, 0.3) is 16.9 Å².